The van der Waals surface area contributed by atoms with Crippen molar-refractivity contribution in [3.63, 3.8) is 0 Å². The van der Waals surface area contributed by atoms with Crippen LogP contribution in [-0.2, 0) is 19.3 Å². The SMILES string of the molecule is I.PCCC(Cc1ccccc1)(Cc1ccccc1)Cc1ccccc1. The lowest BCUT2D eigenvalue weighted by Gasteiger charge is -2.35. The van der Waals surface area contributed by atoms with E-state index >= 15 is 0 Å². The standard InChI is InChI=1S/C24H27P.HI/c25-17-16-24(18-21-10-4-1-5-11-21,19-22-12-6-2-7-13-22)20-23-14-8-3-9-15-23;/h1-15H,16-20,25H2;1H. The Kier molecular flexibility index (Phi) is 8.81. The van der Waals surface area contributed by atoms with Gasteiger partial charge in [-0.3, -0.25) is 0 Å². The van der Waals surface area contributed by atoms with Crippen LogP contribution in [0.3, 0.4) is 0 Å². The topological polar surface area (TPSA) is 0 Å². The molecule has 0 fully saturated rings. The van der Waals surface area contributed by atoms with Crippen LogP contribution in [0.2, 0.25) is 0 Å². The fourth-order valence-corrected chi connectivity index (χ4v) is 4.46. The molecule has 0 spiro atoms. The normalized spacial score (nSPS) is 11.0. The molecule has 0 saturated heterocycles. The molecular formula is C24H28IP. The second kappa shape index (κ2) is 10.8. The summed E-state index contributed by atoms with van der Waals surface area (Å²) in [6.07, 6.45) is 5.69. The summed E-state index contributed by atoms with van der Waals surface area (Å²) in [6, 6.07) is 32.9. The van der Waals surface area contributed by atoms with E-state index in [9.17, 15) is 0 Å². The van der Waals surface area contributed by atoms with E-state index in [1.54, 1.807) is 0 Å². The molecule has 0 aromatic heterocycles. The molecule has 3 aromatic carbocycles. The first kappa shape index (κ1) is 21.1. The van der Waals surface area contributed by atoms with Crippen LogP contribution >= 0.6 is 33.2 Å². The maximum absolute atomic E-state index is 2.94. The summed E-state index contributed by atoms with van der Waals surface area (Å²) >= 11 is 0. The highest BCUT2D eigenvalue weighted by atomic mass is 127. The smallest absolute Gasteiger partial charge is 0.0173 e. The first-order chi connectivity index (χ1) is 12.3. The fraction of sp³-hybridized carbons (Fsp3) is 0.250. The van der Waals surface area contributed by atoms with Gasteiger partial charge >= 0.3 is 0 Å². The number of benzene rings is 3. The first-order valence-corrected chi connectivity index (χ1v) is 9.93. The molecule has 0 amide bonds. The maximum Gasteiger partial charge on any atom is -0.0173 e. The predicted octanol–water partition coefficient (Wildman–Crippen LogP) is 6.58. The van der Waals surface area contributed by atoms with Gasteiger partial charge in [0.05, 0.1) is 0 Å². The van der Waals surface area contributed by atoms with E-state index in [1.807, 2.05) is 0 Å². The third kappa shape index (κ3) is 6.21. The van der Waals surface area contributed by atoms with Gasteiger partial charge in [-0.15, -0.1) is 33.2 Å². The van der Waals surface area contributed by atoms with Crippen molar-refractivity contribution < 1.29 is 0 Å². The van der Waals surface area contributed by atoms with Gasteiger partial charge in [-0.1, -0.05) is 91.0 Å². The van der Waals surface area contributed by atoms with Crippen LogP contribution in [0, 0.1) is 5.41 Å². The highest BCUT2D eigenvalue weighted by molar-refractivity contribution is 14.0. The second-order valence-corrected chi connectivity index (χ2v) is 7.60. The van der Waals surface area contributed by atoms with Gasteiger partial charge in [0.25, 0.3) is 0 Å². The molecule has 3 aromatic rings. The van der Waals surface area contributed by atoms with Crippen molar-refractivity contribution in [3.8, 4) is 0 Å². The van der Waals surface area contributed by atoms with E-state index in [0.29, 0.717) is 0 Å². The van der Waals surface area contributed by atoms with E-state index in [4.69, 9.17) is 0 Å². The van der Waals surface area contributed by atoms with Gasteiger partial charge in [0.1, 0.15) is 0 Å². The van der Waals surface area contributed by atoms with Gasteiger partial charge in [0.2, 0.25) is 0 Å². The van der Waals surface area contributed by atoms with Crippen molar-refractivity contribution in [2.24, 2.45) is 5.41 Å². The number of rotatable bonds is 8. The molecule has 0 aliphatic carbocycles. The first-order valence-electron chi connectivity index (χ1n) is 9.12. The van der Waals surface area contributed by atoms with Crippen LogP contribution in [0.4, 0.5) is 0 Å². The average molecular weight is 474 g/mol. The molecule has 136 valence electrons. The van der Waals surface area contributed by atoms with Crippen LogP contribution in [-0.4, -0.2) is 6.16 Å². The van der Waals surface area contributed by atoms with Crippen molar-refractivity contribution in [2.75, 3.05) is 6.16 Å². The third-order valence-corrected chi connectivity index (χ3v) is 5.23. The van der Waals surface area contributed by atoms with Crippen LogP contribution in [0.1, 0.15) is 23.1 Å². The Morgan fingerprint density at radius 3 is 1.12 bits per heavy atom. The largest absolute Gasteiger partial charge is 0.138 e. The minimum absolute atomic E-state index is 0. The summed E-state index contributed by atoms with van der Waals surface area (Å²) in [4.78, 5) is 0. The fourth-order valence-electron chi connectivity index (χ4n) is 3.85. The highest BCUT2D eigenvalue weighted by Gasteiger charge is 2.30. The Hall–Kier alpha value is -1.18. The number of hydrogen-bond donors (Lipinski definition) is 0. The second-order valence-electron chi connectivity index (χ2n) is 7.03. The van der Waals surface area contributed by atoms with Crippen molar-refractivity contribution in [2.45, 2.75) is 25.7 Å². The molecule has 0 aliphatic heterocycles. The summed E-state index contributed by atoms with van der Waals surface area (Å²) in [6.45, 7) is 0. The van der Waals surface area contributed by atoms with Crippen molar-refractivity contribution in [3.05, 3.63) is 108 Å². The molecule has 0 heterocycles. The molecular weight excluding hydrogens is 446 g/mol. The van der Waals surface area contributed by atoms with E-state index in [2.05, 4.69) is 100 Å². The predicted molar refractivity (Wildman–Crippen MR) is 127 cm³/mol. The molecule has 0 radical (unpaired) electrons. The van der Waals surface area contributed by atoms with Gasteiger partial charge in [0.15, 0.2) is 0 Å². The van der Waals surface area contributed by atoms with Crippen molar-refractivity contribution >= 4 is 33.2 Å². The van der Waals surface area contributed by atoms with Crippen molar-refractivity contribution in [1.29, 1.82) is 0 Å². The Labute approximate surface area is 177 Å². The molecule has 26 heavy (non-hydrogen) atoms. The summed E-state index contributed by atoms with van der Waals surface area (Å²) in [7, 11) is 2.94. The van der Waals surface area contributed by atoms with Crippen LogP contribution in [0.15, 0.2) is 91.0 Å². The van der Waals surface area contributed by atoms with E-state index < -0.39 is 0 Å². The summed E-state index contributed by atoms with van der Waals surface area (Å²) < 4.78 is 0. The molecule has 3 rings (SSSR count). The minimum Gasteiger partial charge on any atom is -0.138 e. The maximum atomic E-state index is 2.94. The van der Waals surface area contributed by atoms with Gasteiger partial charge < -0.3 is 0 Å². The van der Waals surface area contributed by atoms with Gasteiger partial charge in [0, 0.05) is 0 Å². The molecule has 1 atom stereocenters. The zero-order valence-electron chi connectivity index (χ0n) is 15.2. The lowest BCUT2D eigenvalue weighted by molar-refractivity contribution is 0.268. The van der Waals surface area contributed by atoms with Crippen molar-refractivity contribution in [1.82, 2.24) is 0 Å². The average Bonchev–Trinajstić information content (AvgIpc) is 2.64. The molecule has 1 unspecified atom stereocenters. The van der Waals surface area contributed by atoms with Crippen LogP contribution in [0.25, 0.3) is 0 Å². The molecule has 0 nitrogen and oxygen atoms in total. The number of hydrogen-bond acceptors (Lipinski definition) is 0. The Morgan fingerprint density at radius 1 is 0.538 bits per heavy atom. The molecule has 2 heteroatoms. The van der Waals surface area contributed by atoms with Crippen LogP contribution < -0.4 is 0 Å². The zero-order chi connectivity index (χ0) is 17.4. The highest BCUT2D eigenvalue weighted by Crippen LogP contribution is 2.36. The van der Waals surface area contributed by atoms with E-state index in [0.717, 1.165) is 25.4 Å². The molecule has 0 bridgehead atoms. The summed E-state index contributed by atoms with van der Waals surface area (Å²) in [5, 5.41) is 0. The lowest BCUT2D eigenvalue weighted by Crippen LogP contribution is -2.30. The Balaban J connectivity index is 0.00000243. The van der Waals surface area contributed by atoms with Gasteiger partial charge in [-0.05, 0) is 54.0 Å². The van der Waals surface area contributed by atoms with E-state index in [1.165, 1.54) is 23.1 Å². The zero-order valence-corrected chi connectivity index (χ0v) is 18.7. The van der Waals surface area contributed by atoms with E-state index in [-0.39, 0.29) is 29.4 Å². The Morgan fingerprint density at radius 2 is 0.846 bits per heavy atom. The summed E-state index contributed by atoms with van der Waals surface area (Å²) in [5.74, 6) is 0. The van der Waals surface area contributed by atoms with Gasteiger partial charge in [-0.25, -0.2) is 0 Å². The molecule has 0 saturated carbocycles. The minimum atomic E-state index is 0. The summed E-state index contributed by atoms with van der Waals surface area (Å²) in [5.41, 5.74) is 4.56. The van der Waals surface area contributed by atoms with Gasteiger partial charge in [-0.2, -0.15) is 0 Å². The monoisotopic (exact) mass is 474 g/mol. The lowest BCUT2D eigenvalue weighted by atomic mass is 9.70. The third-order valence-electron chi connectivity index (χ3n) is 4.94. The number of halogens is 1. The molecule has 0 N–H and O–H groups in total. The molecule has 0 aliphatic rings. The van der Waals surface area contributed by atoms with Crippen LogP contribution in [0.5, 0.6) is 0 Å². The Bertz CT molecular complexity index is 640. The quantitative estimate of drug-likeness (QED) is 0.256.